The number of carbonyl (C=O) groups is 1. The number of hydrogen-bond acceptors (Lipinski definition) is 3. The van der Waals surface area contributed by atoms with E-state index >= 15 is 0 Å². The maximum Gasteiger partial charge on any atom is 0.254 e. The third-order valence-corrected chi connectivity index (χ3v) is 6.11. The summed E-state index contributed by atoms with van der Waals surface area (Å²) >= 11 is 0. The number of nitrogens with zero attached hydrogens (tertiary/aromatic N) is 2. The van der Waals surface area contributed by atoms with E-state index in [4.69, 9.17) is 0 Å². The first-order valence-corrected chi connectivity index (χ1v) is 9.37. The molecule has 4 rings (SSSR count). The maximum absolute atomic E-state index is 13.0. The normalized spacial score (nSPS) is 26.8. The number of hydrogen-bond donors (Lipinski definition) is 1. The highest BCUT2D eigenvalue weighted by Gasteiger charge is 2.48. The lowest BCUT2D eigenvalue weighted by atomic mass is 9.71. The predicted molar refractivity (Wildman–Crippen MR) is 98.5 cm³/mol. The fourth-order valence-electron chi connectivity index (χ4n) is 4.09. The Morgan fingerprint density at radius 2 is 1.71 bits per heavy atom. The molecule has 2 fully saturated rings. The molecule has 0 aliphatic carbocycles. The highest BCUT2D eigenvalue weighted by Crippen LogP contribution is 2.40. The predicted octanol–water partition coefficient (Wildman–Crippen LogP) is 2.49. The van der Waals surface area contributed by atoms with Gasteiger partial charge in [0.1, 0.15) is 0 Å². The minimum Gasteiger partial charge on any atom is -0.329 e. The van der Waals surface area contributed by atoms with E-state index in [1.54, 1.807) is 0 Å². The van der Waals surface area contributed by atoms with Crippen LogP contribution in [-0.2, 0) is 5.41 Å². The van der Waals surface area contributed by atoms with Crippen molar-refractivity contribution < 1.29 is 4.79 Å². The van der Waals surface area contributed by atoms with Crippen molar-refractivity contribution in [3.63, 3.8) is 0 Å². The molecule has 1 amide bonds. The van der Waals surface area contributed by atoms with Gasteiger partial charge in [-0.3, -0.25) is 9.69 Å². The van der Waals surface area contributed by atoms with Gasteiger partial charge in [0, 0.05) is 49.2 Å². The number of rotatable bonds is 2. The van der Waals surface area contributed by atoms with Gasteiger partial charge in [-0.1, -0.05) is 45.9 Å². The molecule has 1 unspecified atom stereocenters. The molecular formula is C20H31N3O. The van der Waals surface area contributed by atoms with E-state index in [1.807, 2.05) is 32.0 Å². The number of amides is 1. The quantitative estimate of drug-likeness (QED) is 0.905. The van der Waals surface area contributed by atoms with Gasteiger partial charge in [-0.2, -0.15) is 0 Å². The summed E-state index contributed by atoms with van der Waals surface area (Å²) in [5, 5.41) is 3.33. The molecule has 4 nitrogen and oxygen atoms in total. The van der Waals surface area contributed by atoms with Crippen LogP contribution in [0.25, 0.3) is 0 Å². The fraction of sp³-hybridized carbons (Fsp3) is 0.650. The van der Waals surface area contributed by atoms with Crippen LogP contribution in [0.1, 0.15) is 50.5 Å². The Labute approximate surface area is 146 Å². The number of fused-ring (bicyclic) bond motifs is 1. The number of benzene rings is 1. The van der Waals surface area contributed by atoms with Crippen molar-refractivity contribution >= 4 is 5.91 Å². The van der Waals surface area contributed by atoms with Crippen LogP contribution in [0.15, 0.2) is 24.3 Å². The third-order valence-electron chi connectivity index (χ3n) is 6.11. The van der Waals surface area contributed by atoms with E-state index in [2.05, 4.69) is 42.0 Å². The zero-order valence-electron chi connectivity index (χ0n) is 15.7. The lowest BCUT2D eigenvalue weighted by Gasteiger charge is -2.56. The molecule has 0 spiro atoms. The zero-order valence-corrected chi connectivity index (χ0v) is 15.7. The monoisotopic (exact) mass is 329 g/mol. The van der Waals surface area contributed by atoms with Crippen molar-refractivity contribution in [1.29, 1.82) is 0 Å². The van der Waals surface area contributed by atoms with E-state index in [9.17, 15) is 4.79 Å². The average molecular weight is 329 g/mol. The summed E-state index contributed by atoms with van der Waals surface area (Å²) in [5.74, 6) is 0.221. The van der Waals surface area contributed by atoms with Crippen molar-refractivity contribution in [2.45, 2.75) is 58.2 Å². The molecule has 0 saturated carbocycles. The van der Waals surface area contributed by atoms with E-state index in [0.29, 0.717) is 12.1 Å². The molecule has 0 aromatic heterocycles. The molecule has 0 radical (unpaired) electrons. The number of carbonyl (C=O) groups excluding carboxylic acids is 1. The second kappa shape index (κ2) is 6.49. The molecule has 132 valence electrons. The number of nitrogens with one attached hydrogen (secondary N) is 1. The smallest absolute Gasteiger partial charge is 0.254 e. The molecule has 24 heavy (non-hydrogen) atoms. The van der Waals surface area contributed by atoms with Crippen LogP contribution in [0, 0.1) is 0 Å². The summed E-state index contributed by atoms with van der Waals surface area (Å²) in [5.41, 5.74) is 2.10. The Balaban J connectivity index is 0.000000815. The largest absolute Gasteiger partial charge is 0.329 e. The van der Waals surface area contributed by atoms with Gasteiger partial charge in [0.25, 0.3) is 5.91 Å². The van der Waals surface area contributed by atoms with Gasteiger partial charge in [-0.25, -0.2) is 0 Å². The van der Waals surface area contributed by atoms with Crippen LogP contribution in [0.4, 0.5) is 0 Å². The third kappa shape index (κ3) is 2.56. The van der Waals surface area contributed by atoms with Gasteiger partial charge in [0.15, 0.2) is 0 Å². The van der Waals surface area contributed by atoms with Crippen LogP contribution >= 0.6 is 0 Å². The molecule has 1 N–H and O–H groups in total. The highest BCUT2D eigenvalue weighted by molar-refractivity contribution is 5.98. The Bertz CT molecular complexity index is 603. The minimum atomic E-state index is 0.00293. The van der Waals surface area contributed by atoms with Gasteiger partial charge in [0.2, 0.25) is 0 Å². The molecule has 1 aromatic carbocycles. The lowest BCUT2D eigenvalue weighted by molar-refractivity contribution is -0.0291. The van der Waals surface area contributed by atoms with Gasteiger partial charge in [-0.05, 0) is 18.6 Å². The van der Waals surface area contributed by atoms with Gasteiger partial charge < -0.3 is 10.2 Å². The zero-order chi connectivity index (χ0) is 17.5. The van der Waals surface area contributed by atoms with Gasteiger partial charge in [-0.15, -0.1) is 0 Å². The minimum absolute atomic E-state index is 0.00293. The summed E-state index contributed by atoms with van der Waals surface area (Å²) < 4.78 is 0. The van der Waals surface area contributed by atoms with Crippen LogP contribution in [-0.4, -0.2) is 60.0 Å². The van der Waals surface area contributed by atoms with Crippen molar-refractivity contribution in [3.8, 4) is 0 Å². The molecule has 0 bridgehead atoms. The molecule has 4 heteroatoms. The van der Waals surface area contributed by atoms with Crippen molar-refractivity contribution in [2.24, 2.45) is 0 Å². The van der Waals surface area contributed by atoms with E-state index in [1.165, 1.54) is 5.56 Å². The molecule has 2 saturated heterocycles. The fourth-order valence-corrected chi connectivity index (χ4v) is 4.09. The molecule has 3 aliphatic heterocycles. The van der Waals surface area contributed by atoms with Crippen LogP contribution < -0.4 is 5.32 Å². The second-order valence-electron chi connectivity index (χ2n) is 7.58. The first-order valence-electron chi connectivity index (χ1n) is 9.37. The standard InChI is InChI=1S/C18H25N3O.C2H6/c1-12-18(2,3)16-7-5-4-6-15(16)17(22)21(12)14-10-20(11-14)13-8-19-9-13;1-2/h4-7,12-14,19H,8-11H2,1-3H3;1-2H3. The van der Waals surface area contributed by atoms with Crippen molar-refractivity contribution in [1.82, 2.24) is 15.1 Å². The SMILES string of the molecule is CC.CC1N(C2CN(C3CNC3)C2)C(=O)c2ccccc2C1(C)C. The maximum atomic E-state index is 13.0. The van der Waals surface area contributed by atoms with Gasteiger partial charge >= 0.3 is 0 Å². The molecule has 1 atom stereocenters. The summed E-state index contributed by atoms with van der Waals surface area (Å²) in [6, 6.07) is 9.43. The van der Waals surface area contributed by atoms with E-state index in [0.717, 1.165) is 31.7 Å². The Morgan fingerprint density at radius 3 is 2.29 bits per heavy atom. The Morgan fingerprint density at radius 1 is 1.08 bits per heavy atom. The van der Waals surface area contributed by atoms with E-state index < -0.39 is 0 Å². The summed E-state index contributed by atoms with van der Waals surface area (Å²) in [6.45, 7) is 15.0. The summed E-state index contributed by atoms with van der Waals surface area (Å²) in [4.78, 5) is 17.7. The lowest BCUT2D eigenvalue weighted by Crippen LogP contribution is -2.72. The van der Waals surface area contributed by atoms with Crippen molar-refractivity contribution in [2.75, 3.05) is 26.2 Å². The van der Waals surface area contributed by atoms with Crippen LogP contribution in [0.5, 0.6) is 0 Å². The molecule has 3 aliphatic rings. The van der Waals surface area contributed by atoms with E-state index in [-0.39, 0.29) is 17.4 Å². The van der Waals surface area contributed by atoms with Crippen LogP contribution in [0.2, 0.25) is 0 Å². The molecule has 3 heterocycles. The average Bonchev–Trinajstić information content (AvgIpc) is 2.51. The first kappa shape index (κ1) is 17.4. The Kier molecular flexibility index (Phi) is 4.71. The Hall–Kier alpha value is -1.39. The number of likely N-dealkylation sites (tertiary alicyclic amines) is 1. The molecular weight excluding hydrogens is 298 g/mol. The first-order chi connectivity index (χ1) is 11.5. The van der Waals surface area contributed by atoms with Crippen molar-refractivity contribution in [3.05, 3.63) is 35.4 Å². The van der Waals surface area contributed by atoms with Gasteiger partial charge in [0.05, 0.1) is 6.04 Å². The topological polar surface area (TPSA) is 35.6 Å². The van der Waals surface area contributed by atoms with Crippen LogP contribution in [0.3, 0.4) is 0 Å². The summed E-state index contributed by atoms with van der Waals surface area (Å²) in [6.07, 6.45) is 0. The highest BCUT2D eigenvalue weighted by atomic mass is 16.2. The second-order valence-corrected chi connectivity index (χ2v) is 7.58. The molecule has 1 aromatic rings. The summed E-state index contributed by atoms with van der Waals surface area (Å²) in [7, 11) is 0.